The van der Waals surface area contributed by atoms with E-state index >= 15 is 0 Å². The van der Waals surface area contributed by atoms with Crippen LogP contribution in [0.5, 0.6) is 0 Å². The third kappa shape index (κ3) is 9.26. The van der Waals surface area contributed by atoms with Crippen LogP contribution in [-0.2, 0) is 12.3 Å². The van der Waals surface area contributed by atoms with Crippen molar-refractivity contribution in [2.24, 2.45) is 0 Å². The summed E-state index contributed by atoms with van der Waals surface area (Å²) in [5, 5.41) is 0. The van der Waals surface area contributed by atoms with E-state index in [1.165, 1.54) is 12.8 Å². The van der Waals surface area contributed by atoms with Gasteiger partial charge in [0, 0.05) is 6.04 Å². The first-order valence-electron chi connectivity index (χ1n) is 17.4. The van der Waals surface area contributed by atoms with Crippen LogP contribution >= 0.6 is 0 Å². The highest BCUT2D eigenvalue weighted by Crippen LogP contribution is 2.53. The monoisotopic (exact) mass is 644 g/mol. The van der Waals surface area contributed by atoms with Gasteiger partial charge < -0.3 is 12.3 Å². The van der Waals surface area contributed by atoms with Crippen LogP contribution in [0.15, 0.2) is 12.7 Å². The number of allylic oxidation sites excluding steroid dienone is 1. The molecule has 0 fully saturated rings. The van der Waals surface area contributed by atoms with Gasteiger partial charge in [-0.15, -0.1) is 6.58 Å². The van der Waals surface area contributed by atoms with Crippen molar-refractivity contribution in [1.82, 2.24) is 0 Å². The highest BCUT2D eigenvalue weighted by atomic mass is 28.5. The molecule has 0 spiro atoms. The first-order chi connectivity index (χ1) is 18.7. The minimum atomic E-state index is -3.17. The molecule has 246 valence electrons. The van der Waals surface area contributed by atoms with Gasteiger partial charge in [0.25, 0.3) is 0 Å². The molecule has 0 atom stereocenters. The van der Waals surface area contributed by atoms with E-state index in [2.05, 4.69) is 137 Å². The summed E-state index contributed by atoms with van der Waals surface area (Å²) in [5.74, 6) is 0. The molecule has 0 aliphatic rings. The lowest BCUT2D eigenvalue weighted by Gasteiger charge is -2.56. The lowest BCUT2D eigenvalue weighted by molar-refractivity contribution is 0.216. The average molecular weight is 645 g/mol. The second-order valence-electron chi connectivity index (χ2n) is 15.8. The molecule has 0 radical (unpaired) electrons. The summed E-state index contributed by atoms with van der Waals surface area (Å²) >= 11 is 0. The fraction of sp³-hybridized carbons (Fsp3) is 0.941. The Morgan fingerprint density at radius 1 is 0.415 bits per heavy atom. The Kier molecular flexibility index (Phi) is 17.5. The van der Waals surface area contributed by atoms with E-state index < -0.39 is 33.8 Å². The van der Waals surface area contributed by atoms with Crippen molar-refractivity contribution in [3.63, 3.8) is 0 Å². The molecule has 41 heavy (non-hydrogen) atoms. The summed E-state index contributed by atoms with van der Waals surface area (Å²) in [6.07, 6.45) is 6.60. The Bertz CT molecular complexity index is 595. The van der Waals surface area contributed by atoms with Crippen molar-refractivity contribution in [2.45, 2.75) is 206 Å². The SMILES string of the molecule is C=CCCCCC[Si](O[Si](C(C)C)(C(C)C)C(C)C)(O[Si](C(C)C)(C(C)C)C(C)C)O[Si](C(C)C)(C(C)C)C(C)C. The average Bonchev–Trinajstić information content (AvgIpc) is 2.82. The first-order valence-corrected chi connectivity index (χ1v) is 25.7. The van der Waals surface area contributed by atoms with E-state index in [0.29, 0.717) is 49.9 Å². The molecule has 7 heteroatoms. The molecule has 0 N–H and O–H groups in total. The molecular formula is C34H76O3Si4. The third-order valence-electron chi connectivity index (χ3n) is 10.5. The zero-order valence-corrected chi connectivity index (χ0v) is 35.2. The zero-order chi connectivity index (χ0) is 32.6. The Morgan fingerprint density at radius 3 is 0.854 bits per heavy atom. The van der Waals surface area contributed by atoms with Crippen molar-refractivity contribution >= 4 is 33.8 Å². The predicted molar refractivity (Wildman–Crippen MR) is 196 cm³/mol. The zero-order valence-electron chi connectivity index (χ0n) is 31.2. The maximum absolute atomic E-state index is 8.11. The maximum atomic E-state index is 8.11. The van der Waals surface area contributed by atoms with Gasteiger partial charge in [0.05, 0.1) is 0 Å². The Morgan fingerprint density at radius 2 is 0.659 bits per heavy atom. The Hall–Kier alpha value is 0.488. The van der Waals surface area contributed by atoms with Crippen LogP contribution in [0, 0.1) is 0 Å². The molecular weight excluding hydrogens is 569 g/mol. The summed E-state index contributed by atoms with van der Waals surface area (Å²) in [7, 11) is -10.1. The van der Waals surface area contributed by atoms with Crippen molar-refractivity contribution in [3.8, 4) is 0 Å². The summed E-state index contributed by atoms with van der Waals surface area (Å²) in [6, 6.07) is 0.951. The molecule has 0 saturated heterocycles. The number of hydrogen-bond donors (Lipinski definition) is 0. The minimum absolute atomic E-state index is 0.490. The van der Waals surface area contributed by atoms with Crippen LogP contribution in [0.1, 0.15) is 150 Å². The number of rotatable bonds is 21. The summed E-state index contributed by atoms with van der Waals surface area (Å²) in [5.41, 5.74) is 4.41. The van der Waals surface area contributed by atoms with Crippen LogP contribution < -0.4 is 0 Å². The fourth-order valence-electron chi connectivity index (χ4n) is 8.89. The van der Waals surface area contributed by atoms with Gasteiger partial charge in [-0.3, -0.25) is 0 Å². The second-order valence-corrected chi connectivity index (χ2v) is 35.7. The predicted octanol–water partition coefficient (Wildman–Crippen LogP) is 13.2. The lowest BCUT2D eigenvalue weighted by Crippen LogP contribution is -2.69. The highest BCUT2D eigenvalue weighted by Gasteiger charge is 2.63. The van der Waals surface area contributed by atoms with E-state index in [1.54, 1.807) is 0 Å². The molecule has 0 bridgehead atoms. The van der Waals surface area contributed by atoms with Crippen LogP contribution in [-0.4, -0.2) is 33.8 Å². The first kappa shape index (κ1) is 41.5. The van der Waals surface area contributed by atoms with Crippen molar-refractivity contribution in [1.29, 1.82) is 0 Å². The van der Waals surface area contributed by atoms with Crippen molar-refractivity contribution < 1.29 is 12.3 Å². The van der Waals surface area contributed by atoms with E-state index in [4.69, 9.17) is 12.3 Å². The van der Waals surface area contributed by atoms with E-state index in [1.807, 2.05) is 0 Å². The van der Waals surface area contributed by atoms with E-state index in [9.17, 15) is 0 Å². The molecule has 0 aromatic rings. The lowest BCUT2D eigenvalue weighted by atomic mass is 10.2. The van der Waals surface area contributed by atoms with Gasteiger partial charge in [-0.1, -0.05) is 137 Å². The number of hydrogen-bond acceptors (Lipinski definition) is 3. The van der Waals surface area contributed by atoms with Crippen LogP contribution in [0.25, 0.3) is 0 Å². The largest absolute Gasteiger partial charge is 0.469 e. The van der Waals surface area contributed by atoms with Crippen LogP contribution in [0.4, 0.5) is 0 Å². The molecule has 0 aromatic heterocycles. The molecule has 0 rings (SSSR count). The molecule has 0 aliphatic heterocycles. The van der Waals surface area contributed by atoms with Crippen molar-refractivity contribution in [2.75, 3.05) is 0 Å². The van der Waals surface area contributed by atoms with Gasteiger partial charge in [0.15, 0.2) is 25.0 Å². The smallest absolute Gasteiger partial charge is 0.415 e. The van der Waals surface area contributed by atoms with Crippen LogP contribution in [0.3, 0.4) is 0 Å². The quantitative estimate of drug-likeness (QED) is 0.0707. The molecule has 0 heterocycles. The molecule has 0 unspecified atom stereocenters. The Labute approximate surface area is 264 Å². The normalized spacial score (nSPS) is 14.5. The Balaban J connectivity index is 7.83. The maximum Gasteiger partial charge on any atom is 0.469 e. The summed E-state index contributed by atoms with van der Waals surface area (Å²) < 4.78 is 24.3. The van der Waals surface area contributed by atoms with E-state index in [0.717, 1.165) is 18.9 Å². The molecule has 0 amide bonds. The molecule has 0 aromatic carbocycles. The minimum Gasteiger partial charge on any atom is -0.415 e. The van der Waals surface area contributed by atoms with Gasteiger partial charge in [-0.25, -0.2) is 0 Å². The molecule has 0 saturated carbocycles. The molecule has 3 nitrogen and oxygen atoms in total. The van der Waals surface area contributed by atoms with Gasteiger partial charge in [0.1, 0.15) is 0 Å². The summed E-state index contributed by atoms with van der Waals surface area (Å²) in [4.78, 5) is 0. The fourth-order valence-corrected chi connectivity index (χ4v) is 39.4. The summed E-state index contributed by atoms with van der Waals surface area (Å²) in [6.45, 7) is 47.6. The topological polar surface area (TPSA) is 27.7 Å². The van der Waals surface area contributed by atoms with Gasteiger partial charge >= 0.3 is 8.80 Å². The van der Waals surface area contributed by atoms with Crippen LogP contribution in [0.2, 0.25) is 55.9 Å². The third-order valence-corrected chi connectivity index (χ3v) is 35.7. The number of unbranched alkanes of at least 4 members (excludes halogenated alkanes) is 3. The standard InChI is InChI=1S/C34H76O3Si4/c1-20-21-22-23-24-25-38(35-39(26(2)3,27(4)5)28(6)7,36-40(29(8)9,30(10)11)31(12)13)37-41(32(14)15,33(16)17)34(18)19/h20,26-34H,1,21-25H2,2-19H3. The van der Waals surface area contributed by atoms with E-state index in [-0.39, 0.29) is 0 Å². The van der Waals surface area contributed by atoms with Gasteiger partial charge in [0.2, 0.25) is 0 Å². The van der Waals surface area contributed by atoms with Crippen molar-refractivity contribution in [3.05, 3.63) is 12.7 Å². The second kappa shape index (κ2) is 17.3. The molecule has 0 aliphatic carbocycles. The highest BCUT2D eigenvalue weighted by molar-refractivity contribution is 6.94. The van der Waals surface area contributed by atoms with Gasteiger partial charge in [-0.05, 0) is 69.1 Å². The van der Waals surface area contributed by atoms with Gasteiger partial charge in [-0.2, -0.15) is 0 Å².